The normalized spacial score (nSPS) is 19.1. The van der Waals surface area contributed by atoms with Crippen LogP contribution in [0.3, 0.4) is 0 Å². The number of hydrogen-bond acceptors (Lipinski definition) is 15. The van der Waals surface area contributed by atoms with Gasteiger partial charge in [-0.25, -0.2) is 0 Å². The molecule has 0 N–H and O–H groups in total. The van der Waals surface area contributed by atoms with Crippen molar-refractivity contribution in [3.05, 3.63) is 76.3 Å². The molecule has 4 aromatic rings. The van der Waals surface area contributed by atoms with Crippen molar-refractivity contribution in [1.29, 1.82) is 0 Å². The first-order chi connectivity index (χ1) is 28.0. The number of carbonyl (C=O) groups is 2. The molecule has 58 heavy (non-hydrogen) atoms. The second kappa shape index (κ2) is 17.4. The van der Waals surface area contributed by atoms with Gasteiger partial charge in [0.05, 0.1) is 69.9 Å². The summed E-state index contributed by atoms with van der Waals surface area (Å²) in [7, 11) is 13.7. The van der Waals surface area contributed by atoms with Crippen molar-refractivity contribution in [2.45, 2.75) is 50.6 Å². The van der Waals surface area contributed by atoms with Gasteiger partial charge in [-0.2, -0.15) is 0 Å². The lowest BCUT2D eigenvalue weighted by Crippen LogP contribution is -2.39. The third-order valence-corrected chi connectivity index (χ3v) is 10.2. The summed E-state index contributed by atoms with van der Waals surface area (Å²) < 4.78 is 77.5. The molecule has 0 bridgehead atoms. The van der Waals surface area contributed by atoms with Gasteiger partial charge in [-0.05, 0) is 30.3 Å². The van der Waals surface area contributed by atoms with Crippen LogP contribution in [0.25, 0.3) is 0 Å². The Bertz CT molecular complexity index is 2110. The summed E-state index contributed by atoms with van der Waals surface area (Å²) in [6.45, 7) is 2.66. The zero-order chi connectivity index (χ0) is 41.8. The molecule has 0 saturated heterocycles. The van der Waals surface area contributed by atoms with E-state index in [-0.39, 0.29) is 6.42 Å². The molecular weight excluding hydrogens is 756 g/mol. The first-order valence-corrected chi connectivity index (χ1v) is 18.2. The predicted molar refractivity (Wildman–Crippen MR) is 208 cm³/mol. The minimum atomic E-state index is -1.03. The highest BCUT2D eigenvalue weighted by Gasteiger charge is 2.48. The summed E-state index contributed by atoms with van der Waals surface area (Å²) >= 11 is 0. The maximum Gasteiger partial charge on any atom is 0.303 e. The van der Waals surface area contributed by atoms with Gasteiger partial charge in [-0.15, -0.1) is 0 Å². The molecule has 2 aliphatic heterocycles. The van der Waals surface area contributed by atoms with E-state index in [2.05, 4.69) is 0 Å². The summed E-state index contributed by atoms with van der Waals surface area (Å²) in [5.41, 5.74) is 2.92. The average molecular weight is 805 g/mol. The quantitative estimate of drug-likeness (QED) is 0.126. The number of ether oxygens (including phenoxy) is 13. The fraction of sp³-hybridized carbons (Fsp3) is 0.395. The first-order valence-electron chi connectivity index (χ1n) is 18.2. The molecular formula is C43H48O15. The molecule has 0 amide bonds. The van der Waals surface area contributed by atoms with Crippen LogP contribution in [0.2, 0.25) is 0 Å². The second-order valence-corrected chi connectivity index (χ2v) is 13.3. The average Bonchev–Trinajstić information content (AvgIpc) is 3.23. The fourth-order valence-corrected chi connectivity index (χ4v) is 7.77. The Morgan fingerprint density at radius 1 is 0.534 bits per heavy atom. The van der Waals surface area contributed by atoms with E-state index < -0.39 is 42.3 Å². The Labute approximate surface area is 336 Å². The zero-order valence-electron chi connectivity index (χ0n) is 34.3. The summed E-state index contributed by atoms with van der Waals surface area (Å²) in [6, 6.07) is 14.1. The van der Waals surface area contributed by atoms with Crippen LogP contribution in [0.1, 0.15) is 59.8 Å². The molecule has 0 spiro atoms. The second-order valence-electron chi connectivity index (χ2n) is 13.3. The van der Waals surface area contributed by atoms with Gasteiger partial charge >= 0.3 is 11.9 Å². The largest absolute Gasteiger partial charge is 0.497 e. The van der Waals surface area contributed by atoms with Gasteiger partial charge in [0.15, 0.2) is 41.3 Å². The molecule has 0 fully saturated rings. The highest BCUT2D eigenvalue weighted by molar-refractivity contribution is 5.69. The molecule has 15 nitrogen and oxygen atoms in total. The molecule has 6 rings (SSSR count). The van der Waals surface area contributed by atoms with Gasteiger partial charge in [-0.3, -0.25) is 9.59 Å². The van der Waals surface area contributed by atoms with Gasteiger partial charge < -0.3 is 61.6 Å². The number of hydrogen-bond donors (Lipinski definition) is 0. The van der Waals surface area contributed by atoms with Crippen molar-refractivity contribution in [3.63, 3.8) is 0 Å². The van der Waals surface area contributed by atoms with Crippen LogP contribution in [0.15, 0.2) is 48.5 Å². The van der Waals surface area contributed by atoms with Crippen LogP contribution in [-0.2, 0) is 25.5 Å². The summed E-state index contributed by atoms with van der Waals surface area (Å²) in [5.74, 6) is 2.56. The van der Waals surface area contributed by atoms with Gasteiger partial charge in [0.2, 0.25) is 11.5 Å². The molecule has 5 atom stereocenters. The molecule has 15 heteroatoms. The van der Waals surface area contributed by atoms with E-state index in [1.54, 1.807) is 49.6 Å². The first kappa shape index (κ1) is 41.3. The number of carbonyl (C=O) groups excluding carboxylic acids is 2. The van der Waals surface area contributed by atoms with E-state index in [1.807, 2.05) is 6.07 Å². The van der Waals surface area contributed by atoms with Gasteiger partial charge in [0.25, 0.3) is 0 Å². The molecule has 2 heterocycles. The third-order valence-electron chi connectivity index (χ3n) is 10.2. The van der Waals surface area contributed by atoms with Crippen molar-refractivity contribution in [3.8, 4) is 63.2 Å². The maximum absolute atomic E-state index is 13.1. The van der Waals surface area contributed by atoms with E-state index in [9.17, 15) is 9.59 Å². The Morgan fingerprint density at radius 2 is 1.03 bits per heavy atom. The zero-order valence-corrected chi connectivity index (χ0v) is 34.3. The topological polar surface area (TPSA) is 154 Å². The van der Waals surface area contributed by atoms with Crippen molar-refractivity contribution in [1.82, 2.24) is 0 Å². The van der Waals surface area contributed by atoms with Crippen molar-refractivity contribution in [2.24, 2.45) is 0 Å². The number of benzene rings is 4. The van der Waals surface area contributed by atoms with Gasteiger partial charge in [0, 0.05) is 60.2 Å². The molecule has 2 aliphatic rings. The molecule has 5 unspecified atom stereocenters. The monoisotopic (exact) mass is 804 g/mol. The minimum absolute atomic E-state index is 0.156. The molecule has 0 radical (unpaired) electrons. The predicted octanol–water partition coefficient (Wildman–Crippen LogP) is 6.57. The van der Waals surface area contributed by atoms with Crippen molar-refractivity contribution < 1.29 is 71.2 Å². The van der Waals surface area contributed by atoms with Crippen LogP contribution in [-0.4, -0.2) is 88.1 Å². The van der Waals surface area contributed by atoms with E-state index in [4.69, 9.17) is 61.6 Å². The molecule has 4 aromatic carbocycles. The number of methoxy groups -OCH3 is 9. The maximum atomic E-state index is 13.1. The highest BCUT2D eigenvalue weighted by Crippen LogP contribution is 2.57. The van der Waals surface area contributed by atoms with Gasteiger partial charge in [-0.1, -0.05) is 6.07 Å². The number of rotatable bonds is 14. The van der Waals surface area contributed by atoms with Crippen LogP contribution in [0, 0.1) is 0 Å². The lowest BCUT2D eigenvalue weighted by molar-refractivity contribution is -0.154. The smallest absolute Gasteiger partial charge is 0.303 e. The summed E-state index contributed by atoms with van der Waals surface area (Å²) in [4.78, 5) is 25.7. The van der Waals surface area contributed by atoms with E-state index in [0.717, 1.165) is 0 Å². The van der Waals surface area contributed by atoms with Gasteiger partial charge in [0.1, 0.15) is 34.9 Å². The van der Waals surface area contributed by atoms with Crippen molar-refractivity contribution in [2.75, 3.05) is 64.0 Å². The standard InChI is InChI=1S/C43H48O15/c1-21(44)55-35-19-27-29(57-38(35)23-14-31(48-5)41(53-10)32(15-23)49-6)20-30(47-4)37(40(27)52-9)36-26-13-12-25(46-3)18-28(26)58-39(43(36)56-22(2)45)24-16-33(50-7)42(54-11)34(17-24)51-8/h12-18,20,35-36,38-39,43H,19H2,1-11H3. The lowest BCUT2D eigenvalue weighted by Gasteiger charge is -2.41. The fourth-order valence-electron chi connectivity index (χ4n) is 7.77. The van der Waals surface area contributed by atoms with Crippen LogP contribution < -0.4 is 52.1 Å². The molecule has 0 saturated carbocycles. The Kier molecular flexibility index (Phi) is 12.4. The Balaban J connectivity index is 1.59. The SMILES string of the molecule is COc1ccc2c(c1)OC(c1cc(OC)c(OC)c(OC)c1)C(OC(C)=O)C2c1c(OC)cc2c(c1OC)CC(OC(C)=O)C(c1cc(OC)c(OC)c(OC)c1)O2. The van der Waals surface area contributed by atoms with Crippen LogP contribution in [0.4, 0.5) is 0 Å². The van der Waals surface area contributed by atoms with E-state index in [1.165, 1.54) is 70.7 Å². The summed E-state index contributed by atoms with van der Waals surface area (Å²) in [6.07, 6.45) is -3.47. The third kappa shape index (κ3) is 7.55. The Hall–Kier alpha value is -6.38. The molecule has 0 aromatic heterocycles. The molecule has 0 aliphatic carbocycles. The number of fused-ring (bicyclic) bond motifs is 2. The minimum Gasteiger partial charge on any atom is -0.497 e. The summed E-state index contributed by atoms with van der Waals surface area (Å²) in [5, 5.41) is 0. The van der Waals surface area contributed by atoms with Crippen molar-refractivity contribution >= 4 is 11.9 Å². The number of esters is 2. The molecule has 310 valence electrons. The van der Waals surface area contributed by atoms with Crippen LogP contribution >= 0.6 is 0 Å². The highest BCUT2D eigenvalue weighted by atomic mass is 16.6. The van der Waals surface area contributed by atoms with E-state index >= 15 is 0 Å². The lowest BCUT2D eigenvalue weighted by atomic mass is 9.77. The van der Waals surface area contributed by atoms with E-state index in [0.29, 0.717) is 91.1 Å². The van der Waals surface area contributed by atoms with Crippen LogP contribution in [0.5, 0.6) is 63.2 Å². The Morgan fingerprint density at radius 3 is 1.50 bits per heavy atom.